The zero-order chi connectivity index (χ0) is 22.7. The fourth-order valence-corrected chi connectivity index (χ4v) is 5.73. The molecule has 1 aromatic carbocycles. The molecule has 7 nitrogen and oxygen atoms in total. The highest BCUT2D eigenvalue weighted by molar-refractivity contribution is 7.98. The Bertz CT molecular complexity index is 871. The molecule has 3 atom stereocenters. The van der Waals surface area contributed by atoms with Crippen molar-refractivity contribution in [1.29, 1.82) is 0 Å². The SMILES string of the molecule is COc1cc(SC)ccc1C(=O)N[C@H]1CCN2C(=O)[C@H](CC3CCCCC3)NC(=O)[C@@H]2C1. The van der Waals surface area contributed by atoms with Gasteiger partial charge in [-0.05, 0) is 49.6 Å². The number of ether oxygens (including phenoxy) is 1. The molecule has 0 unspecified atom stereocenters. The molecule has 3 fully saturated rings. The van der Waals surface area contributed by atoms with Crippen LogP contribution in [0.15, 0.2) is 23.1 Å². The number of carbonyl (C=O) groups is 3. The molecule has 0 radical (unpaired) electrons. The van der Waals surface area contributed by atoms with Gasteiger partial charge in [0, 0.05) is 17.5 Å². The summed E-state index contributed by atoms with van der Waals surface area (Å²) in [7, 11) is 1.55. The molecule has 1 aliphatic carbocycles. The van der Waals surface area contributed by atoms with Crippen LogP contribution in [0.25, 0.3) is 0 Å². The Hall–Kier alpha value is -2.22. The van der Waals surface area contributed by atoms with E-state index < -0.39 is 12.1 Å². The average Bonchev–Trinajstić information content (AvgIpc) is 2.82. The van der Waals surface area contributed by atoms with Gasteiger partial charge in [0.1, 0.15) is 17.8 Å². The summed E-state index contributed by atoms with van der Waals surface area (Å²) in [6.45, 7) is 0.492. The van der Waals surface area contributed by atoms with Gasteiger partial charge in [-0.2, -0.15) is 0 Å². The zero-order valence-corrected chi connectivity index (χ0v) is 19.7. The van der Waals surface area contributed by atoms with Crippen molar-refractivity contribution in [2.45, 2.75) is 74.4 Å². The maximum atomic E-state index is 13.1. The summed E-state index contributed by atoms with van der Waals surface area (Å²) >= 11 is 1.58. The largest absolute Gasteiger partial charge is 0.496 e. The minimum atomic E-state index is -0.509. The first-order valence-corrected chi connectivity index (χ1v) is 12.9. The molecular weight excluding hydrogens is 426 g/mol. The van der Waals surface area contributed by atoms with Crippen molar-refractivity contribution < 1.29 is 19.1 Å². The number of thioether (sulfide) groups is 1. The van der Waals surface area contributed by atoms with E-state index in [0.717, 1.165) is 24.2 Å². The van der Waals surface area contributed by atoms with Gasteiger partial charge in [-0.3, -0.25) is 14.4 Å². The van der Waals surface area contributed by atoms with Crippen LogP contribution in [-0.4, -0.2) is 60.7 Å². The highest BCUT2D eigenvalue weighted by Gasteiger charge is 2.44. The van der Waals surface area contributed by atoms with Gasteiger partial charge in [-0.15, -0.1) is 11.8 Å². The number of carbonyl (C=O) groups excluding carboxylic acids is 3. The van der Waals surface area contributed by atoms with Crippen molar-refractivity contribution in [3.63, 3.8) is 0 Å². The minimum absolute atomic E-state index is 0.0410. The van der Waals surface area contributed by atoms with Crippen molar-refractivity contribution in [3.8, 4) is 5.75 Å². The molecule has 2 saturated heterocycles. The van der Waals surface area contributed by atoms with Crippen LogP contribution in [0.1, 0.15) is 61.7 Å². The van der Waals surface area contributed by atoms with Crippen LogP contribution in [0, 0.1) is 5.92 Å². The average molecular weight is 460 g/mol. The van der Waals surface area contributed by atoms with Crippen LogP contribution in [-0.2, 0) is 9.59 Å². The van der Waals surface area contributed by atoms with Crippen LogP contribution < -0.4 is 15.4 Å². The lowest BCUT2D eigenvalue weighted by Crippen LogP contribution is -2.67. The predicted molar refractivity (Wildman–Crippen MR) is 124 cm³/mol. The predicted octanol–water partition coefficient (Wildman–Crippen LogP) is 2.98. The Balaban J connectivity index is 1.37. The quantitative estimate of drug-likeness (QED) is 0.639. The van der Waals surface area contributed by atoms with Gasteiger partial charge in [0.25, 0.3) is 5.91 Å². The maximum Gasteiger partial charge on any atom is 0.255 e. The van der Waals surface area contributed by atoms with Crippen LogP contribution >= 0.6 is 11.8 Å². The van der Waals surface area contributed by atoms with Gasteiger partial charge in [0.2, 0.25) is 11.8 Å². The first-order valence-electron chi connectivity index (χ1n) is 11.6. The van der Waals surface area contributed by atoms with Crippen LogP contribution in [0.4, 0.5) is 0 Å². The molecule has 2 aliphatic heterocycles. The van der Waals surface area contributed by atoms with Crippen LogP contribution in [0.5, 0.6) is 5.75 Å². The van der Waals surface area contributed by atoms with Crippen molar-refractivity contribution in [2.24, 2.45) is 5.92 Å². The van der Waals surface area contributed by atoms with E-state index in [-0.39, 0.29) is 23.8 Å². The summed E-state index contributed by atoms with van der Waals surface area (Å²) in [5.41, 5.74) is 0.476. The Morgan fingerprint density at radius 3 is 2.72 bits per heavy atom. The fraction of sp³-hybridized carbons (Fsp3) is 0.625. The molecular formula is C24H33N3O4S. The van der Waals surface area contributed by atoms with Crippen LogP contribution in [0.3, 0.4) is 0 Å². The molecule has 0 bridgehead atoms. The second kappa shape index (κ2) is 10.1. The summed E-state index contributed by atoms with van der Waals surface area (Å²) in [5, 5.41) is 6.03. The number of hydrogen-bond donors (Lipinski definition) is 2. The van der Waals surface area contributed by atoms with Crippen molar-refractivity contribution in [2.75, 3.05) is 19.9 Å². The summed E-state index contributed by atoms with van der Waals surface area (Å²) in [5.74, 6) is 0.790. The second-order valence-electron chi connectivity index (χ2n) is 9.11. The summed E-state index contributed by atoms with van der Waals surface area (Å²) in [6.07, 6.45) is 9.81. The third-order valence-corrected chi connectivity index (χ3v) is 7.81. The molecule has 1 aromatic rings. The number of piperazine rings is 1. The Labute approximate surface area is 194 Å². The van der Waals surface area contributed by atoms with E-state index in [1.54, 1.807) is 29.8 Å². The molecule has 1 saturated carbocycles. The van der Waals surface area contributed by atoms with E-state index in [9.17, 15) is 14.4 Å². The highest BCUT2D eigenvalue weighted by Crippen LogP contribution is 2.31. The second-order valence-corrected chi connectivity index (χ2v) is 9.99. The van der Waals surface area contributed by atoms with E-state index >= 15 is 0 Å². The highest BCUT2D eigenvalue weighted by atomic mass is 32.2. The monoisotopic (exact) mass is 459 g/mol. The number of hydrogen-bond acceptors (Lipinski definition) is 5. The number of nitrogens with one attached hydrogen (secondary N) is 2. The van der Waals surface area contributed by atoms with Gasteiger partial charge in [0.05, 0.1) is 12.7 Å². The normalized spacial score (nSPS) is 26.3. The van der Waals surface area contributed by atoms with E-state index in [4.69, 9.17) is 4.74 Å². The number of benzene rings is 1. The van der Waals surface area contributed by atoms with Gasteiger partial charge < -0.3 is 20.3 Å². The molecule has 0 spiro atoms. The Morgan fingerprint density at radius 2 is 2.00 bits per heavy atom. The number of methoxy groups -OCH3 is 1. The maximum absolute atomic E-state index is 13.1. The molecule has 174 valence electrons. The zero-order valence-electron chi connectivity index (χ0n) is 18.9. The number of fused-ring (bicyclic) bond motifs is 1. The molecule has 32 heavy (non-hydrogen) atoms. The molecule has 8 heteroatoms. The first kappa shape index (κ1) is 23.0. The lowest BCUT2D eigenvalue weighted by atomic mass is 9.83. The van der Waals surface area contributed by atoms with E-state index in [1.807, 2.05) is 18.4 Å². The van der Waals surface area contributed by atoms with Crippen molar-refractivity contribution in [3.05, 3.63) is 23.8 Å². The van der Waals surface area contributed by atoms with E-state index in [0.29, 0.717) is 36.6 Å². The summed E-state index contributed by atoms with van der Waals surface area (Å²) in [4.78, 5) is 41.6. The molecule has 2 N–H and O–H groups in total. The molecule has 3 aliphatic rings. The number of rotatable bonds is 6. The summed E-state index contributed by atoms with van der Waals surface area (Å²) in [6, 6.07) is 4.44. The fourth-order valence-electron chi connectivity index (χ4n) is 5.30. The molecule has 0 aromatic heterocycles. The Morgan fingerprint density at radius 1 is 1.22 bits per heavy atom. The number of amides is 3. The Kier molecular flexibility index (Phi) is 7.28. The number of piperidine rings is 1. The van der Waals surface area contributed by atoms with E-state index in [1.165, 1.54) is 19.3 Å². The topological polar surface area (TPSA) is 87.7 Å². The van der Waals surface area contributed by atoms with Crippen LogP contribution in [0.2, 0.25) is 0 Å². The standard InChI is InChI=1S/C24H33N3O4S/c1-31-21-14-17(32-2)8-9-18(21)22(28)25-16-10-11-27-20(13-16)23(29)26-19(24(27)30)12-15-6-4-3-5-7-15/h8-9,14-16,19-20H,3-7,10-13H2,1-2H3,(H,25,28)(H,26,29)/t16-,19-,20-/m0/s1. The third-order valence-electron chi connectivity index (χ3n) is 7.09. The number of nitrogens with zero attached hydrogens (tertiary/aromatic N) is 1. The van der Waals surface area contributed by atoms with Gasteiger partial charge in [-0.1, -0.05) is 32.1 Å². The van der Waals surface area contributed by atoms with Crippen molar-refractivity contribution >= 4 is 29.5 Å². The first-order chi connectivity index (χ1) is 15.5. The summed E-state index contributed by atoms with van der Waals surface area (Å²) < 4.78 is 5.40. The van der Waals surface area contributed by atoms with E-state index in [2.05, 4.69) is 10.6 Å². The van der Waals surface area contributed by atoms with Gasteiger partial charge in [-0.25, -0.2) is 0 Å². The lowest BCUT2D eigenvalue weighted by Gasteiger charge is -2.44. The molecule has 2 heterocycles. The van der Waals surface area contributed by atoms with Gasteiger partial charge >= 0.3 is 0 Å². The molecule has 4 rings (SSSR count). The third kappa shape index (κ3) is 4.90. The molecule has 3 amide bonds. The minimum Gasteiger partial charge on any atom is -0.496 e. The lowest BCUT2D eigenvalue weighted by molar-refractivity contribution is -0.152. The van der Waals surface area contributed by atoms with Crippen molar-refractivity contribution in [1.82, 2.24) is 15.5 Å². The van der Waals surface area contributed by atoms with Gasteiger partial charge in [0.15, 0.2) is 0 Å². The smallest absolute Gasteiger partial charge is 0.255 e.